The van der Waals surface area contributed by atoms with Crippen molar-refractivity contribution in [3.05, 3.63) is 78.4 Å². The fraction of sp³-hybridized carbons (Fsp3) is 0.227. The first-order valence-electron chi connectivity index (χ1n) is 10.7. The smallest absolute Gasteiger partial charge is 0.325 e. The lowest BCUT2D eigenvalue weighted by Gasteiger charge is -2.11. The summed E-state index contributed by atoms with van der Waals surface area (Å²) in [4.78, 5) is 28.5. The molecule has 0 radical (unpaired) electrons. The maximum atomic E-state index is 12.8. The van der Waals surface area contributed by atoms with Crippen LogP contribution in [0, 0.1) is 0 Å². The zero-order chi connectivity index (χ0) is 25.6. The van der Waals surface area contributed by atoms with E-state index >= 15 is 0 Å². The normalized spacial score (nSPS) is 13.4. The highest BCUT2D eigenvalue weighted by molar-refractivity contribution is 7.90. The third kappa shape index (κ3) is 6.40. The van der Waals surface area contributed by atoms with Crippen molar-refractivity contribution in [2.24, 2.45) is 5.73 Å². The molecule has 1 amide bonds. The van der Waals surface area contributed by atoms with Crippen molar-refractivity contribution < 1.29 is 30.2 Å². The molecule has 0 aliphatic rings. The number of methoxy groups -OCH3 is 1. The number of aromatic nitrogens is 2. The van der Waals surface area contributed by atoms with Crippen LogP contribution >= 0.6 is 0 Å². The number of benzene rings is 2. The van der Waals surface area contributed by atoms with Gasteiger partial charge < -0.3 is 20.5 Å². The summed E-state index contributed by atoms with van der Waals surface area (Å²) >= 11 is 0. The number of hydrogen-bond acceptors (Lipinski definition) is 8. The fourth-order valence-corrected chi connectivity index (χ4v) is 3.89. The van der Waals surface area contributed by atoms with Crippen molar-refractivity contribution in [1.29, 1.82) is 0 Å². The highest BCUT2D eigenvalue weighted by Gasteiger charge is 2.20. The SMILES string of the molecule is [2H]C([2H])(NC(=O)[C@@H](N)Cc1cn(S(=O)(=O)c2ccc(OC)cc2)cn1)C(=O)OCc1ccccc1. The van der Waals surface area contributed by atoms with Crippen molar-refractivity contribution in [3.8, 4) is 5.75 Å². The molecule has 2 aromatic carbocycles. The predicted octanol–water partition coefficient (Wildman–Crippen LogP) is 0.858. The number of rotatable bonds is 10. The molecule has 0 unspecified atom stereocenters. The molecule has 1 aromatic heterocycles. The highest BCUT2D eigenvalue weighted by atomic mass is 32.2. The Hall–Kier alpha value is -3.70. The van der Waals surface area contributed by atoms with Gasteiger partial charge >= 0.3 is 5.97 Å². The molecule has 10 nitrogen and oxygen atoms in total. The van der Waals surface area contributed by atoms with Crippen molar-refractivity contribution in [2.45, 2.75) is 24.0 Å². The molecule has 1 heterocycles. The molecule has 0 fully saturated rings. The van der Waals surface area contributed by atoms with E-state index in [4.69, 9.17) is 17.9 Å². The molecule has 0 bridgehead atoms. The second kappa shape index (κ2) is 10.7. The first-order valence-corrected chi connectivity index (χ1v) is 11.2. The van der Waals surface area contributed by atoms with Crippen molar-refractivity contribution in [2.75, 3.05) is 13.6 Å². The summed E-state index contributed by atoms with van der Waals surface area (Å²) in [5.74, 6) is -1.76. The van der Waals surface area contributed by atoms with Crippen LogP contribution < -0.4 is 15.8 Å². The maximum Gasteiger partial charge on any atom is 0.325 e. The van der Waals surface area contributed by atoms with E-state index in [2.05, 4.69) is 4.98 Å². The number of ether oxygens (including phenoxy) is 2. The molecule has 0 aliphatic heterocycles. The Balaban J connectivity index is 1.59. The van der Waals surface area contributed by atoms with E-state index in [0.717, 1.165) is 10.3 Å². The van der Waals surface area contributed by atoms with Gasteiger partial charge in [0.05, 0.1) is 26.5 Å². The minimum Gasteiger partial charge on any atom is -0.497 e. The van der Waals surface area contributed by atoms with E-state index in [-0.39, 0.29) is 23.6 Å². The van der Waals surface area contributed by atoms with E-state index in [0.29, 0.717) is 11.3 Å². The first kappa shape index (κ1) is 21.2. The van der Waals surface area contributed by atoms with Crippen molar-refractivity contribution in [3.63, 3.8) is 0 Å². The summed E-state index contributed by atoms with van der Waals surface area (Å²) in [6.45, 7) is -2.98. The molecular formula is C22H24N4O6S. The van der Waals surface area contributed by atoms with Crippen LogP contribution in [0.15, 0.2) is 72.0 Å². The van der Waals surface area contributed by atoms with Gasteiger partial charge in [-0.3, -0.25) is 9.59 Å². The van der Waals surface area contributed by atoms with Gasteiger partial charge in [-0.1, -0.05) is 30.3 Å². The van der Waals surface area contributed by atoms with E-state index in [1.54, 1.807) is 30.3 Å². The summed E-state index contributed by atoms with van der Waals surface area (Å²) in [6, 6.07) is 13.1. The predicted molar refractivity (Wildman–Crippen MR) is 119 cm³/mol. The zero-order valence-electron chi connectivity index (χ0n) is 19.7. The Morgan fingerprint density at radius 1 is 1.18 bits per heavy atom. The molecule has 0 saturated heterocycles. The van der Waals surface area contributed by atoms with Gasteiger partial charge in [-0.25, -0.2) is 17.4 Å². The fourth-order valence-electron chi connectivity index (χ4n) is 2.73. The Morgan fingerprint density at radius 2 is 1.88 bits per heavy atom. The van der Waals surface area contributed by atoms with E-state index in [9.17, 15) is 18.0 Å². The molecule has 1 atom stereocenters. The Bertz CT molecular complexity index is 1280. The number of esters is 1. The van der Waals surface area contributed by atoms with Gasteiger partial charge in [-0.05, 0) is 29.8 Å². The first-order chi connectivity index (χ1) is 16.5. The van der Waals surface area contributed by atoms with Crippen LogP contribution in [0.25, 0.3) is 0 Å². The maximum absolute atomic E-state index is 12.8. The lowest BCUT2D eigenvalue weighted by atomic mass is 10.1. The monoisotopic (exact) mass is 474 g/mol. The van der Waals surface area contributed by atoms with Gasteiger partial charge in [0, 0.05) is 12.6 Å². The van der Waals surface area contributed by atoms with Crippen molar-refractivity contribution >= 4 is 21.9 Å². The number of nitrogens with two attached hydrogens (primary N) is 1. The molecule has 33 heavy (non-hydrogen) atoms. The third-order valence-corrected chi connectivity index (χ3v) is 6.14. The standard InChI is InChI=1S/C22H24N4O6S/c1-31-18-7-9-19(10-8-18)33(29,30)26-13-17(25-15-26)11-20(23)22(28)24-12-21(27)32-14-16-5-3-2-4-6-16/h2-10,13,15,20H,11-12,14,23H2,1H3,(H,24,28)/t20-/m0/s1/i12D2. The summed E-state index contributed by atoms with van der Waals surface area (Å²) in [5, 5.41) is 1.92. The van der Waals surface area contributed by atoms with Gasteiger partial charge in [0.25, 0.3) is 10.0 Å². The molecule has 3 aromatic rings. The minimum atomic E-state index is -3.93. The number of carbonyl (C=O) groups is 2. The number of imidazole rings is 1. The summed E-state index contributed by atoms with van der Waals surface area (Å²) < 4.78 is 52.0. The Morgan fingerprint density at radius 3 is 2.55 bits per heavy atom. The quantitative estimate of drug-likeness (QED) is 0.412. The largest absolute Gasteiger partial charge is 0.497 e. The number of nitrogens with one attached hydrogen (secondary N) is 1. The molecule has 174 valence electrons. The van der Waals surface area contributed by atoms with Gasteiger partial charge in [0.15, 0.2) is 0 Å². The van der Waals surface area contributed by atoms with Crippen LogP contribution in [-0.2, 0) is 37.4 Å². The average Bonchev–Trinajstić information content (AvgIpc) is 3.32. The van der Waals surface area contributed by atoms with Crippen molar-refractivity contribution in [1.82, 2.24) is 14.3 Å². The Labute approximate surface area is 194 Å². The van der Waals surface area contributed by atoms with Crippen LogP contribution in [0.3, 0.4) is 0 Å². The lowest BCUT2D eigenvalue weighted by molar-refractivity contribution is -0.145. The van der Waals surface area contributed by atoms with Crippen LogP contribution in [-0.4, -0.2) is 48.9 Å². The second-order valence-corrected chi connectivity index (χ2v) is 8.71. The van der Waals surface area contributed by atoms with Gasteiger partial charge in [0.2, 0.25) is 5.91 Å². The zero-order valence-corrected chi connectivity index (χ0v) is 18.5. The minimum absolute atomic E-state index is 0.00602. The number of carbonyl (C=O) groups excluding carboxylic acids is 2. The van der Waals surface area contributed by atoms with Crippen LogP contribution in [0.1, 0.15) is 14.0 Å². The van der Waals surface area contributed by atoms with Crippen LogP contribution in [0.5, 0.6) is 5.75 Å². The summed E-state index contributed by atoms with van der Waals surface area (Å²) in [5.41, 5.74) is 6.67. The van der Waals surface area contributed by atoms with E-state index in [1.807, 2.05) is 5.32 Å². The molecule has 3 rings (SSSR count). The molecule has 11 heteroatoms. The summed E-state index contributed by atoms with van der Waals surface area (Å²) in [6.07, 6.45) is 2.07. The number of hydrogen-bond donors (Lipinski definition) is 2. The second-order valence-electron chi connectivity index (χ2n) is 6.86. The Kier molecular flexibility index (Phi) is 6.89. The van der Waals surface area contributed by atoms with Gasteiger partial charge in [-0.2, -0.15) is 0 Å². The number of nitrogens with zero attached hydrogens (tertiary/aromatic N) is 2. The van der Waals surface area contributed by atoms with Gasteiger partial charge in [0.1, 0.15) is 25.2 Å². The van der Waals surface area contributed by atoms with E-state index in [1.165, 1.54) is 37.6 Å². The highest BCUT2D eigenvalue weighted by Crippen LogP contribution is 2.18. The molecule has 0 aliphatic carbocycles. The number of amides is 1. The van der Waals surface area contributed by atoms with Crippen LogP contribution in [0.2, 0.25) is 0 Å². The molecule has 0 saturated carbocycles. The lowest BCUT2D eigenvalue weighted by Crippen LogP contribution is -2.44. The average molecular weight is 475 g/mol. The molecule has 0 spiro atoms. The van der Waals surface area contributed by atoms with Gasteiger partial charge in [-0.15, -0.1) is 0 Å². The van der Waals surface area contributed by atoms with E-state index < -0.39 is 34.4 Å². The topological polar surface area (TPSA) is 143 Å². The molecular weight excluding hydrogens is 448 g/mol. The van der Waals surface area contributed by atoms with Crippen LogP contribution in [0.4, 0.5) is 0 Å². The summed E-state index contributed by atoms with van der Waals surface area (Å²) in [7, 11) is -2.47. The molecule has 3 N–H and O–H groups in total. The third-order valence-electron chi connectivity index (χ3n) is 4.51.